The van der Waals surface area contributed by atoms with E-state index in [1.165, 1.54) is 5.56 Å². The molecular weight excluding hydrogens is 576 g/mol. The summed E-state index contributed by atoms with van der Waals surface area (Å²) in [5.74, 6) is 0.0955. The Bertz CT molecular complexity index is 1560. The lowest BCUT2D eigenvalue weighted by atomic mass is 9.89. The Labute approximate surface area is 264 Å². The summed E-state index contributed by atoms with van der Waals surface area (Å²) in [7, 11) is 0. The summed E-state index contributed by atoms with van der Waals surface area (Å²) < 4.78 is 0. The number of hydrogen-bond acceptors (Lipinski definition) is 5. The Morgan fingerprint density at radius 2 is 1.93 bits per heavy atom. The Hall–Kier alpha value is -3.22. The fraction of sp³-hybridized carbons (Fsp3) is 0.389. The van der Waals surface area contributed by atoms with Crippen molar-refractivity contribution in [1.29, 1.82) is 0 Å². The number of pyridine rings is 1. The molecule has 0 bridgehead atoms. The van der Waals surface area contributed by atoms with Gasteiger partial charge in [-0.05, 0) is 105 Å². The average Bonchev–Trinajstić information content (AvgIpc) is 3.75. The first kappa shape index (κ1) is 32.7. The standard InChI is InChI=1S/C36H41ClN2O3S/c1-5-6-9-27(25(2)35(3,4)39-42)14-18-33(43-24-36(19-20-36)23-34(40)41)29-10-7-8-26(21-29)11-16-31-17-13-28-12-15-30(37)22-32(28)38-31/h6-13,15-17,21-22,33H,5,14,18-20,23-24H2,1-4H3,(H,40,41)/b9-6-,16-11+,27-25-. The molecule has 0 amide bonds. The molecule has 4 rings (SSSR count). The van der Waals surface area contributed by atoms with E-state index in [4.69, 9.17) is 16.6 Å². The van der Waals surface area contributed by atoms with Gasteiger partial charge in [0.2, 0.25) is 0 Å². The minimum atomic E-state index is -0.775. The van der Waals surface area contributed by atoms with Gasteiger partial charge in [-0.15, -0.1) is 4.91 Å². The first-order chi connectivity index (χ1) is 20.5. The largest absolute Gasteiger partial charge is 0.481 e. The first-order valence-electron chi connectivity index (χ1n) is 14.9. The minimum Gasteiger partial charge on any atom is -0.481 e. The maximum atomic E-state index is 11.6. The van der Waals surface area contributed by atoms with Crippen LogP contribution in [-0.4, -0.2) is 27.4 Å². The summed E-state index contributed by atoms with van der Waals surface area (Å²) in [6.07, 6.45) is 13.1. The van der Waals surface area contributed by atoms with Gasteiger partial charge in [-0.2, -0.15) is 11.8 Å². The van der Waals surface area contributed by atoms with Crippen LogP contribution in [0.5, 0.6) is 0 Å². The number of halogens is 1. The van der Waals surface area contributed by atoms with Crippen molar-refractivity contribution in [2.24, 2.45) is 10.6 Å². The van der Waals surface area contributed by atoms with Crippen LogP contribution >= 0.6 is 23.4 Å². The number of allylic oxidation sites excluding steroid dienone is 3. The van der Waals surface area contributed by atoms with Crippen LogP contribution in [0.15, 0.2) is 83.1 Å². The van der Waals surface area contributed by atoms with Crippen molar-refractivity contribution in [3.8, 4) is 0 Å². The Morgan fingerprint density at radius 3 is 2.63 bits per heavy atom. The topological polar surface area (TPSA) is 79.6 Å². The fourth-order valence-electron chi connectivity index (χ4n) is 5.14. The zero-order valence-electron chi connectivity index (χ0n) is 25.5. The van der Waals surface area contributed by atoms with Gasteiger partial charge in [0.05, 0.1) is 17.6 Å². The number of carboxylic acids is 1. The second kappa shape index (κ2) is 14.5. The molecule has 2 aromatic carbocycles. The van der Waals surface area contributed by atoms with E-state index >= 15 is 0 Å². The van der Waals surface area contributed by atoms with E-state index in [2.05, 4.69) is 54.6 Å². The predicted molar refractivity (Wildman–Crippen MR) is 182 cm³/mol. The monoisotopic (exact) mass is 616 g/mol. The van der Waals surface area contributed by atoms with E-state index in [9.17, 15) is 14.8 Å². The zero-order valence-corrected chi connectivity index (χ0v) is 27.0. The number of rotatable bonds is 15. The van der Waals surface area contributed by atoms with Crippen molar-refractivity contribution < 1.29 is 9.90 Å². The number of aliphatic carboxylic acids is 1. The van der Waals surface area contributed by atoms with Crippen LogP contribution in [0.3, 0.4) is 0 Å². The third kappa shape index (κ3) is 9.14. The fourth-order valence-corrected chi connectivity index (χ4v) is 6.88. The van der Waals surface area contributed by atoms with E-state index in [1.54, 1.807) is 0 Å². The molecule has 226 valence electrons. The number of carboxylic acid groups (broad SMARTS) is 1. The molecular formula is C36H41ClN2O3S. The molecule has 1 saturated carbocycles. The van der Waals surface area contributed by atoms with Crippen LogP contribution in [0.2, 0.25) is 5.02 Å². The average molecular weight is 617 g/mol. The van der Waals surface area contributed by atoms with Gasteiger partial charge in [0.15, 0.2) is 0 Å². The molecule has 1 aliphatic rings. The third-order valence-electron chi connectivity index (χ3n) is 8.34. The van der Waals surface area contributed by atoms with Gasteiger partial charge in [-0.25, -0.2) is 4.98 Å². The summed E-state index contributed by atoms with van der Waals surface area (Å²) in [6.45, 7) is 7.83. The summed E-state index contributed by atoms with van der Waals surface area (Å²) in [5.41, 5.74) is 5.25. The van der Waals surface area contributed by atoms with Crippen LogP contribution in [0.25, 0.3) is 23.1 Å². The summed E-state index contributed by atoms with van der Waals surface area (Å²) in [5, 5.41) is 14.8. The van der Waals surface area contributed by atoms with E-state index in [1.807, 2.05) is 68.9 Å². The summed E-state index contributed by atoms with van der Waals surface area (Å²) >= 11 is 8.03. The van der Waals surface area contributed by atoms with Gasteiger partial charge in [0.1, 0.15) is 5.54 Å². The highest BCUT2D eigenvalue weighted by Crippen LogP contribution is 2.53. The Morgan fingerprint density at radius 1 is 1.16 bits per heavy atom. The zero-order chi connectivity index (χ0) is 31.0. The molecule has 1 atom stereocenters. The molecule has 43 heavy (non-hydrogen) atoms. The highest BCUT2D eigenvalue weighted by molar-refractivity contribution is 7.99. The minimum absolute atomic E-state index is 0.100. The van der Waals surface area contributed by atoms with Crippen molar-refractivity contribution in [3.05, 3.63) is 105 Å². The number of benzene rings is 2. The first-order valence-corrected chi connectivity index (χ1v) is 16.4. The molecule has 0 aliphatic heterocycles. The van der Waals surface area contributed by atoms with Crippen LogP contribution in [0.4, 0.5) is 0 Å². The maximum absolute atomic E-state index is 11.6. The van der Waals surface area contributed by atoms with E-state index in [-0.39, 0.29) is 17.1 Å². The molecule has 5 nitrogen and oxygen atoms in total. The molecule has 0 radical (unpaired) electrons. The number of hydrogen-bond donors (Lipinski definition) is 1. The van der Waals surface area contributed by atoms with Gasteiger partial charge in [-0.3, -0.25) is 4.79 Å². The molecule has 1 heterocycles. The second-order valence-corrected chi connectivity index (χ2v) is 13.7. The van der Waals surface area contributed by atoms with Crippen LogP contribution < -0.4 is 0 Å². The number of carbonyl (C=O) groups is 1. The molecule has 1 aromatic heterocycles. The number of fused-ring (bicyclic) bond motifs is 1. The molecule has 0 saturated heterocycles. The molecule has 3 aromatic rings. The van der Waals surface area contributed by atoms with Crippen molar-refractivity contribution in [3.63, 3.8) is 0 Å². The highest BCUT2D eigenvalue weighted by Gasteiger charge is 2.44. The smallest absolute Gasteiger partial charge is 0.303 e. The SMILES string of the molecule is CC/C=C\C(CCC(SCC1(CC(=O)O)CC1)c1cccc(/C=C/c2ccc3ccc(Cl)cc3n2)c1)=C(/C)C(C)(C)N=O. The lowest BCUT2D eigenvalue weighted by molar-refractivity contribution is -0.138. The van der Waals surface area contributed by atoms with Crippen molar-refractivity contribution in [2.45, 2.75) is 77.0 Å². The molecule has 1 N–H and O–H groups in total. The summed E-state index contributed by atoms with van der Waals surface area (Å²) in [4.78, 5) is 27.9. The number of nitroso groups, excluding NO2 is 1. The Kier molecular flexibility index (Phi) is 11.0. The van der Waals surface area contributed by atoms with Crippen LogP contribution in [0.1, 0.15) is 88.3 Å². The second-order valence-electron chi connectivity index (χ2n) is 12.1. The van der Waals surface area contributed by atoms with Crippen molar-refractivity contribution in [2.75, 3.05) is 5.75 Å². The number of thioether (sulfide) groups is 1. The van der Waals surface area contributed by atoms with Crippen LogP contribution in [0, 0.1) is 10.3 Å². The highest BCUT2D eigenvalue weighted by atomic mass is 35.5. The lowest BCUT2D eigenvalue weighted by Crippen LogP contribution is -2.19. The lowest BCUT2D eigenvalue weighted by Gasteiger charge is -2.24. The van der Waals surface area contributed by atoms with Crippen LogP contribution in [-0.2, 0) is 4.79 Å². The van der Waals surface area contributed by atoms with E-state index in [0.717, 1.165) is 71.2 Å². The molecule has 1 unspecified atom stereocenters. The van der Waals surface area contributed by atoms with Gasteiger partial charge < -0.3 is 5.11 Å². The predicted octanol–water partition coefficient (Wildman–Crippen LogP) is 10.7. The van der Waals surface area contributed by atoms with Gasteiger partial charge in [0, 0.05) is 21.4 Å². The molecule has 0 spiro atoms. The van der Waals surface area contributed by atoms with E-state index in [0.29, 0.717) is 5.02 Å². The van der Waals surface area contributed by atoms with Gasteiger partial charge in [-0.1, -0.05) is 78.3 Å². The van der Waals surface area contributed by atoms with Crippen molar-refractivity contribution in [1.82, 2.24) is 4.98 Å². The molecule has 7 heteroatoms. The quantitative estimate of drug-likeness (QED) is 0.136. The van der Waals surface area contributed by atoms with E-state index < -0.39 is 11.5 Å². The summed E-state index contributed by atoms with van der Waals surface area (Å²) in [6, 6.07) is 18.3. The molecule has 1 fully saturated rings. The third-order valence-corrected chi connectivity index (χ3v) is 10.3. The molecule has 1 aliphatic carbocycles. The normalized spacial score (nSPS) is 16.0. The number of nitrogens with zero attached hydrogens (tertiary/aromatic N) is 2. The van der Waals surface area contributed by atoms with Gasteiger partial charge >= 0.3 is 5.97 Å². The van der Waals surface area contributed by atoms with Crippen molar-refractivity contribution >= 4 is 52.4 Å². The number of aromatic nitrogens is 1. The maximum Gasteiger partial charge on any atom is 0.303 e. The van der Waals surface area contributed by atoms with Gasteiger partial charge in [0.25, 0.3) is 0 Å². The Balaban J connectivity index is 1.59.